The predicted octanol–water partition coefficient (Wildman–Crippen LogP) is 8.88. The molecule has 34 heavy (non-hydrogen) atoms. The van der Waals surface area contributed by atoms with Crippen LogP contribution in [0.1, 0.15) is 124 Å². The average molecular weight is 496 g/mol. The molecule has 0 saturated carbocycles. The summed E-state index contributed by atoms with van der Waals surface area (Å²) in [4.78, 5) is 9.81. The molecule has 5 nitrogen and oxygen atoms in total. The van der Waals surface area contributed by atoms with E-state index < -0.39 is 0 Å². The van der Waals surface area contributed by atoms with Crippen LogP contribution in [0.3, 0.4) is 0 Å². The van der Waals surface area contributed by atoms with Crippen LogP contribution in [-0.2, 0) is 4.79 Å². The molecule has 0 atom stereocenters. The molecule has 5 heteroatoms. The Morgan fingerprint density at radius 3 is 1.18 bits per heavy atom. The quantitative estimate of drug-likeness (QED) is 0.226. The fourth-order valence-electron chi connectivity index (χ4n) is 0.644. The van der Waals surface area contributed by atoms with Crippen LogP contribution < -0.4 is 5.32 Å². The highest BCUT2D eigenvalue weighted by Crippen LogP contribution is 1.93. The van der Waals surface area contributed by atoms with Gasteiger partial charge in [-0.05, 0) is 53.9 Å². The number of carbonyl (C=O) groups excluding carboxylic acids is 1. The van der Waals surface area contributed by atoms with E-state index in [2.05, 4.69) is 58.2 Å². The number of ketones is 1. The molecule has 0 aliphatic heterocycles. The topological polar surface area (TPSA) is 89.8 Å². The summed E-state index contributed by atoms with van der Waals surface area (Å²) >= 11 is 0. The van der Waals surface area contributed by atoms with Crippen LogP contribution in [0.25, 0.3) is 0 Å². The summed E-state index contributed by atoms with van der Waals surface area (Å²) in [6.45, 7) is 32.2. The smallest absolute Gasteiger partial charge is 0.129 e. The van der Waals surface area contributed by atoms with Gasteiger partial charge in [-0.25, -0.2) is 0 Å². The zero-order valence-electron chi connectivity index (χ0n) is 26.7. The maximum Gasteiger partial charge on any atom is 0.129 e. The molecule has 0 aromatic rings. The first-order valence-corrected chi connectivity index (χ1v) is 12.8. The van der Waals surface area contributed by atoms with Crippen LogP contribution in [0, 0.1) is 5.92 Å². The molecule has 0 aliphatic carbocycles. The minimum Gasteiger partial charge on any atom is -0.514 e. The molecular formula is C29H69NO4. The van der Waals surface area contributed by atoms with E-state index in [-0.39, 0.29) is 5.78 Å². The first kappa shape index (κ1) is 58.3. The van der Waals surface area contributed by atoms with Crippen molar-refractivity contribution in [1.29, 1.82) is 0 Å². The Balaban J connectivity index is -0.0000000313. The number of rotatable bonds is 5. The highest BCUT2D eigenvalue weighted by Gasteiger charge is 1.80. The van der Waals surface area contributed by atoms with Gasteiger partial charge in [0.05, 0.1) is 6.26 Å². The lowest BCUT2D eigenvalue weighted by Gasteiger charge is -1.99. The van der Waals surface area contributed by atoms with Crippen molar-refractivity contribution in [3.63, 3.8) is 0 Å². The molecule has 0 rings (SSSR count). The monoisotopic (exact) mass is 496 g/mol. The lowest BCUT2D eigenvalue weighted by atomic mass is 10.2. The van der Waals surface area contributed by atoms with E-state index in [0.29, 0.717) is 12.5 Å². The fourth-order valence-corrected chi connectivity index (χ4v) is 0.644. The second-order valence-electron chi connectivity index (χ2n) is 6.14. The van der Waals surface area contributed by atoms with Crippen molar-refractivity contribution >= 4 is 5.78 Å². The SMILES string of the molecule is CC.CC.CC.CC(C)N/C=C\O.CC=C(C)C.CCC(C)=O.CCC=CC(C)C.CO.CO. The van der Waals surface area contributed by atoms with Crippen molar-refractivity contribution in [3.8, 4) is 0 Å². The van der Waals surface area contributed by atoms with Gasteiger partial charge in [-0.1, -0.05) is 93.0 Å². The van der Waals surface area contributed by atoms with Crippen LogP contribution in [-0.4, -0.2) is 41.4 Å². The van der Waals surface area contributed by atoms with E-state index in [1.807, 2.05) is 69.2 Å². The van der Waals surface area contributed by atoms with Gasteiger partial charge in [0.2, 0.25) is 0 Å². The number of hydrogen-bond acceptors (Lipinski definition) is 5. The predicted molar refractivity (Wildman–Crippen MR) is 161 cm³/mol. The van der Waals surface area contributed by atoms with Gasteiger partial charge in [0.25, 0.3) is 0 Å². The third-order valence-electron chi connectivity index (χ3n) is 2.34. The van der Waals surface area contributed by atoms with Gasteiger partial charge < -0.3 is 25.4 Å². The van der Waals surface area contributed by atoms with E-state index >= 15 is 0 Å². The maximum atomic E-state index is 9.81. The molecule has 0 amide bonds. The first-order chi connectivity index (χ1) is 16.1. The van der Waals surface area contributed by atoms with Crippen molar-refractivity contribution < 1.29 is 20.1 Å². The molecule has 0 radical (unpaired) electrons. The van der Waals surface area contributed by atoms with E-state index in [1.54, 1.807) is 6.92 Å². The number of allylic oxidation sites excluding steroid dienone is 4. The highest BCUT2D eigenvalue weighted by molar-refractivity contribution is 5.74. The average Bonchev–Trinajstić information content (AvgIpc) is 2.88. The summed E-state index contributed by atoms with van der Waals surface area (Å²) in [5.41, 5.74) is 1.38. The van der Waals surface area contributed by atoms with Crippen LogP contribution >= 0.6 is 0 Å². The van der Waals surface area contributed by atoms with Crippen molar-refractivity contribution in [3.05, 3.63) is 36.3 Å². The normalized spacial score (nSPS) is 7.59. The number of aliphatic hydroxyl groups excluding tert-OH is 3. The van der Waals surface area contributed by atoms with Gasteiger partial charge in [0, 0.05) is 32.9 Å². The molecule has 4 N–H and O–H groups in total. The van der Waals surface area contributed by atoms with Crippen LogP contribution in [0.5, 0.6) is 0 Å². The number of Topliss-reactive ketones (excluding diaryl/α,β-unsaturated/α-hetero) is 1. The molecule has 0 aromatic carbocycles. The number of hydrogen-bond donors (Lipinski definition) is 4. The molecule has 0 aromatic heterocycles. The largest absolute Gasteiger partial charge is 0.514 e. The zero-order valence-corrected chi connectivity index (χ0v) is 26.7. The second-order valence-corrected chi connectivity index (χ2v) is 6.14. The molecule has 0 spiro atoms. The molecule has 0 unspecified atom stereocenters. The van der Waals surface area contributed by atoms with E-state index in [0.717, 1.165) is 32.8 Å². The van der Waals surface area contributed by atoms with Crippen LogP contribution in [0.4, 0.5) is 0 Å². The summed E-state index contributed by atoms with van der Waals surface area (Å²) in [6.07, 6.45) is 10.8. The molecule has 0 bridgehead atoms. The van der Waals surface area contributed by atoms with Gasteiger partial charge in [0.1, 0.15) is 5.78 Å². The van der Waals surface area contributed by atoms with Crippen molar-refractivity contribution in [1.82, 2.24) is 5.32 Å². The Hall–Kier alpha value is -1.59. The minimum atomic E-state index is 0.255. The van der Waals surface area contributed by atoms with Gasteiger partial charge in [0.15, 0.2) is 0 Å². The standard InChI is InChI=1S/C7H14.C5H11NO.C5H10.C4H8O.3C2H6.2CH4O/c1-4-5-6-7(2)3;1-5(2)6-3-4-7;1-4-5(2)3;1-3-4(2)5;5*1-2/h5-7H,4H2,1-3H3;3-7H,1-2H3;4H,1-3H3;3H2,1-2H3;3*1-2H3;2*2H,1H3/b;4-3-;;;;;;;. The van der Waals surface area contributed by atoms with Gasteiger partial charge in [-0.2, -0.15) is 0 Å². The maximum absolute atomic E-state index is 9.81. The molecule has 214 valence electrons. The third kappa shape index (κ3) is 243. The van der Waals surface area contributed by atoms with E-state index in [9.17, 15) is 4.79 Å². The van der Waals surface area contributed by atoms with E-state index in [4.69, 9.17) is 15.3 Å². The molecule has 0 aliphatic rings. The second kappa shape index (κ2) is 85.7. The molecule has 0 fully saturated rings. The Kier molecular flexibility index (Phi) is 147. The van der Waals surface area contributed by atoms with Gasteiger partial charge >= 0.3 is 0 Å². The van der Waals surface area contributed by atoms with Gasteiger partial charge in [-0.3, -0.25) is 0 Å². The Labute approximate surface area is 217 Å². The molecule has 0 heterocycles. The summed E-state index contributed by atoms with van der Waals surface area (Å²) in [7, 11) is 2.00. The lowest BCUT2D eigenvalue weighted by Crippen LogP contribution is -2.14. The third-order valence-corrected chi connectivity index (χ3v) is 2.34. The Morgan fingerprint density at radius 1 is 0.824 bits per heavy atom. The zero-order chi connectivity index (χ0) is 30.0. The van der Waals surface area contributed by atoms with Crippen molar-refractivity contribution in [2.45, 2.75) is 130 Å². The fraction of sp³-hybridized carbons (Fsp3) is 0.759. The Bertz CT molecular complexity index is 331. The molecule has 0 saturated heterocycles. The minimum absolute atomic E-state index is 0.255. The van der Waals surface area contributed by atoms with E-state index in [1.165, 1.54) is 11.8 Å². The molecular weight excluding hydrogens is 426 g/mol. The summed E-state index contributed by atoms with van der Waals surface area (Å²) in [5, 5.41) is 24.9. The first-order valence-electron chi connectivity index (χ1n) is 12.8. The number of carbonyl (C=O) groups is 1. The van der Waals surface area contributed by atoms with Crippen LogP contribution in [0.2, 0.25) is 0 Å². The van der Waals surface area contributed by atoms with Crippen LogP contribution in [0.15, 0.2) is 36.3 Å². The number of nitrogens with one attached hydrogen (secondary N) is 1. The highest BCUT2D eigenvalue weighted by atomic mass is 16.2. The summed E-state index contributed by atoms with van der Waals surface area (Å²) in [5.74, 6) is 0.977. The van der Waals surface area contributed by atoms with Crippen molar-refractivity contribution in [2.24, 2.45) is 5.92 Å². The van der Waals surface area contributed by atoms with Gasteiger partial charge in [-0.15, -0.1) is 0 Å². The Morgan fingerprint density at radius 2 is 1.12 bits per heavy atom. The summed E-state index contributed by atoms with van der Waals surface area (Å²) in [6, 6.07) is 0.406. The lowest BCUT2D eigenvalue weighted by molar-refractivity contribution is -0.116. The van der Waals surface area contributed by atoms with Crippen molar-refractivity contribution in [2.75, 3.05) is 14.2 Å². The summed E-state index contributed by atoms with van der Waals surface area (Å²) < 4.78 is 0. The number of aliphatic hydroxyl groups is 3.